The normalized spacial score (nSPS) is 11.4. The van der Waals surface area contributed by atoms with Gasteiger partial charge in [0, 0.05) is 11.1 Å². The minimum atomic E-state index is -4.49. The number of ether oxygens (including phenoxy) is 1. The van der Waals surface area contributed by atoms with E-state index in [1.54, 1.807) is 30.3 Å². The molecule has 0 atom stereocenters. The summed E-state index contributed by atoms with van der Waals surface area (Å²) in [5.74, 6) is 0.686. The lowest BCUT2D eigenvalue weighted by molar-refractivity contribution is -0.137. The van der Waals surface area contributed by atoms with Gasteiger partial charge < -0.3 is 24.0 Å². The summed E-state index contributed by atoms with van der Waals surface area (Å²) in [6.07, 6.45) is -4.49. The van der Waals surface area contributed by atoms with Crippen LogP contribution in [0.2, 0.25) is 0 Å². The van der Waals surface area contributed by atoms with Gasteiger partial charge in [0.15, 0.2) is 5.76 Å². The van der Waals surface area contributed by atoms with Crippen molar-refractivity contribution >= 4 is 11.6 Å². The first-order valence-electron chi connectivity index (χ1n) is 9.75. The van der Waals surface area contributed by atoms with Crippen LogP contribution in [0.4, 0.5) is 18.9 Å². The smallest absolute Gasteiger partial charge is 0.416 e. The zero-order chi connectivity index (χ0) is 23.6. The summed E-state index contributed by atoms with van der Waals surface area (Å²) in [4.78, 5) is 12.8. The molecule has 170 valence electrons. The van der Waals surface area contributed by atoms with E-state index in [0.29, 0.717) is 28.5 Å². The fourth-order valence-electron chi connectivity index (χ4n) is 3.22. The van der Waals surface area contributed by atoms with Gasteiger partial charge in [0.05, 0.1) is 18.4 Å². The third-order valence-corrected chi connectivity index (χ3v) is 4.85. The molecule has 2 N–H and O–H groups in total. The Morgan fingerprint density at radius 1 is 0.970 bits per heavy atom. The van der Waals surface area contributed by atoms with Gasteiger partial charge in [-0.1, -0.05) is 12.1 Å². The first-order valence-corrected chi connectivity index (χ1v) is 9.75. The summed E-state index contributed by atoms with van der Waals surface area (Å²) < 4.78 is 55.3. The number of nitrogens with one attached hydrogen (secondary N) is 1. The van der Waals surface area contributed by atoms with Crippen molar-refractivity contribution in [2.24, 2.45) is 0 Å². The largest absolute Gasteiger partial charge is 0.495 e. The van der Waals surface area contributed by atoms with Gasteiger partial charge in [0.1, 0.15) is 29.6 Å². The molecular formula is C24H18F3NO5. The molecule has 0 aliphatic heterocycles. The molecule has 0 radical (unpaired) electrons. The number of aliphatic hydroxyl groups is 1. The highest BCUT2D eigenvalue weighted by molar-refractivity contribution is 6.03. The molecule has 0 saturated carbocycles. The van der Waals surface area contributed by atoms with Crippen molar-refractivity contribution in [1.82, 2.24) is 0 Å². The second-order valence-electron chi connectivity index (χ2n) is 7.04. The van der Waals surface area contributed by atoms with Crippen LogP contribution >= 0.6 is 0 Å². The van der Waals surface area contributed by atoms with Crippen molar-refractivity contribution in [3.63, 3.8) is 0 Å². The van der Waals surface area contributed by atoms with Crippen LogP contribution in [0.1, 0.15) is 21.9 Å². The first kappa shape index (κ1) is 22.2. The molecule has 0 aliphatic carbocycles. The third-order valence-electron chi connectivity index (χ3n) is 4.85. The number of halogens is 3. The van der Waals surface area contributed by atoms with Gasteiger partial charge in [-0.2, -0.15) is 13.2 Å². The van der Waals surface area contributed by atoms with Crippen LogP contribution < -0.4 is 10.1 Å². The summed E-state index contributed by atoms with van der Waals surface area (Å²) >= 11 is 0. The maximum absolute atomic E-state index is 13.0. The first-order chi connectivity index (χ1) is 15.8. The lowest BCUT2D eigenvalue weighted by Gasteiger charge is -2.11. The van der Waals surface area contributed by atoms with Crippen LogP contribution in [0.25, 0.3) is 22.6 Å². The Labute approximate surface area is 186 Å². The number of furan rings is 2. The standard InChI is InChI=1S/C24H18F3NO5/c1-31-21-7-5-15(19-8-6-17(13-29)32-19)12-18(21)28-23(30)22-10-9-20(33-22)14-3-2-4-16(11-14)24(25,26)27/h2-12,29H,13H2,1H3,(H,28,30). The molecule has 4 aromatic rings. The SMILES string of the molecule is COc1ccc(-c2ccc(CO)o2)cc1NC(=O)c1ccc(-c2cccc(C(F)(F)F)c2)o1. The van der Waals surface area contributed by atoms with Gasteiger partial charge in [-0.25, -0.2) is 0 Å². The molecule has 0 bridgehead atoms. The number of hydrogen-bond acceptors (Lipinski definition) is 5. The molecule has 1 amide bonds. The third kappa shape index (κ3) is 4.78. The van der Waals surface area contributed by atoms with E-state index in [1.807, 2.05) is 0 Å². The van der Waals surface area contributed by atoms with Gasteiger partial charge in [-0.3, -0.25) is 4.79 Å². The van der Waals surface area contributed by atoms with Gasteiger partial charge in [-0.05, 0) is 54.6 Å². The molecule has 6 nitrogen and oxygen atoms in total. The molecule has 2 aromatic carbocycles. The molecular weight excluding hydrogens is 439 g/mol. The predicted octanol–water partition coefficient (Wildman–Crippen LogP) is 5.98. The summed E-state index contributed by atoms with van der Waals surface area (Å²) in [6.45, 7) is -0.244. The molecule has 9 heteroatoms. The van der Waals surface area contributed by atoms with Gasteiger partial charge in [0.2, 0.25) is 0 Å². The number of carbonyl (C=O) groups excluding carboxylic acids is 1. The van der Waals surface area contributed by atoms with Gasteiger partial charge in [-0.15, -0.1) is 0 Å². The number of alkyl halides is 3. The number of benzene rings is 2. The number of anilines is 1. The molecule has 33 heavy (non-hydrogen) atoms. The van der Waals surface area contributed by atoms with Crippen LogP contribution in [0.15, 0.2) is 75.6 Å². The minimum absolute atomic E-state index is 0.0876. The van der Waals surface area contributed by atoms with E-state index < -0.39 is 17.6 Å². The van der Waals surface area contributed by atoms with Crippen molar-refractivity contribution in [1.29, 1.82) is 0 Å². The average Bonchev–Trinajstić information content (AvgIpc) is 3.49. The van der Waals surface area contributed by atoms with E-state index >= 15 is 0 Å². The number of aliphatic hydroxyl groups excluding tert-OH is 1. The lowest BCUT2D eigenvalue weighted by atomic mass is 10.1. The fourth-order valence-corrected chi connectivity index (χ4v) is 3.22. The highest BCUT2D eigenvalue weighted by Crippen LogP contribution is 2.34. The Hall–Kier alpha value is -3.98. The van der Waals surface area contributed by atoms with Crippen LogP contribution in [0.5, 0.6) is 5.75 Å². The van der Waals surface area contributed by atoms with E-state index in [4.69, 9.17) is 13.6 Å². The van der Waals surface area contributed by atoms with Crippen molar-refractivity contribution < 1.29 is 36.6 Å². The topological polar surface area (TPSA) is 84.8 Å². The Morgan fingerprint density at radius 3 is 2.39 bits per heavy atom. The predicted molar refractivity (Wildman–Crippen MR) is 114 cm³/mol. The molecule has 4 rings (SSSR count). The van der Waals surface area contributed by atoms with Crippen LogP contribution in [-0.4, -0.2) is 18.1 Å². The van der Waals surface area contributed by atoms with E-state index in [9.17, 15) is 23.1 Å². The summed E-state index contributed by atoms with van der Waals surface area (Å²) in [6, 6.07) is 15.8. The zero-order valence-corrected chi connectivity index (χ0v) is 17.3. The van der Waals surface area contributed by atoms with Crippen molar-refractivity contribution in [3.05, 3.63) is 83.8 Å². The van der Waals surface area contributed by atoms with Crippen LogP contribution in [0.3, 0.4) is 0 Å². The van der Waals surface area contributed by atoms with E-state index in [1.165, 1.54) is 31.4 Å². The van der Waals surface area contributed by atoms with Gasteiger partial charge in [0.25, 0.3) is 5.91 Å². The summed E-state index contributed by atoms with van der Waals surface area (Å²) in [5.41, 5.74) is 0.348. The Bertz CT molecular complexity index is 1290. The molecule has 0 spiro atoms. The Morgan fingerprint density at radius 2 is 1.70 bits per heavy atom. The van der Waals surface area contributed by atoms with E-state index in [-0.39, 0.29) is 23.7 Å². The summed E-state index contributed by atoms with van der Waals surface area (Å²) in [7, 11) is 1.44. The number of rotatable bonds is 6. The van der Waals surface area contributed by atoms with Crippen LogP contribution in [-0.2, 0) is 12.8 Å². The Balaban J connectivity index is 1.58. The zero-order valence-electron chi connectivity index (χ0n) is 17.3. The Kier molecular flexibility index (Phi) is 5.97. The molecule has 0 unspecified atom stereocenters. The quantitative estimate of drug-likeness (QED) is 0.372. The number of methoxy groups -OCH3 is 1. The van der Waals surface area contributed by atoms with Gasteiger partial charge >= 0.3 is 6.18 Å². The van der Waals surface area contributed by atoms with E-state index in [0.717, 1.165) is 12.1 Å². The van der Waals surface area contributed by atoms with Crippen molar-refractivity contribution in [3.8, 4) is 28.4 Å². The fraction of sp³-hybridized carbons (Fsp3) is 0.125. The number of carbonyl (C=O) groups is 1. The molecule has 2 aromatic heterocycles. The van der Waals surface area contributed by atoms with Crippen molar-refractivity contribution in [2.75, 3.05) is 12.4 Å². The molecule has 0 fully saturated rings. The molecule has 2 heterocycles. The minimum Gasteiger partial charge on any atom is -0.495 e. The molecule has 0 saturated heterocycles. The molecule has 0 aliphatic rings. The average molecular weight is 457 g/mol. The highest BCUT2D eigenvalue weighted by atomic mass is 19.4. The highest BCUT2D eigenvalue weighted by Gasteiger charge is 2.30. The van der Waals surface area contributed by atoms with E-state index in [2.05, 4.69) is 5.32 Å². The maximum atomic E-state index is 13.0. The maximum Gasteiger partial charge on any atom is 0.416 e. The monoisotopic (exact) mass is 457 g/mol. The van der Waals surface area contributed by atoms with Crippen LogP contribution in [0, 0.1) is 0 Å². The lowest BCUT2D eigenvalue weighted by Crippen LogP contribution is -2.11. The number of hydrogen-bond donors (Lipinski definition) is 2. The second-order valence-corrected chi connectivity index (χ2v) is 7.04. The number of amides is 1. The summed E-state index contributed by atoms with van der Waals surface area (Å²) in [5, 5.41) is 11.9. The second kappa shape index (κ2) is 8.87. The van der Waals surface area contributed by atoms with Crippen molar-refractivity contribution in [2.45, 2.75) is 12.8 Å².